The molecule has 2 aromatic carbocycles. The second-order valence-corrected chi connectivity index (χ2v) is 5.25. The summed E-state index contributed by atoms with van der Waals surface area (Å²) in [6.07, 6.45) is 9.76. The lowest BCUT2D eigenvalue weighted by Crippen LogP contribution is -1.88. The molecule has 0 aromatic heterocycles. The Morgan fingerprint density at radius 3 is 1.50 bits per heavy atom. The van der Waals surface area contributed by atoms with Crippen LogP contribution >= 0.6 is 0 Å². The second-order valence-electron chi connectivity index (χ2n) is 5.25. The third kappa shape index (κ3) is 3.79. The molecule has 0 heterocycles. The van der Waals surface area contributed by atoms with Crippen LogP contribution in [0.25, 0.3) is 11.1 Å². The zero-order valence-electron chi connectivity index (χ0n) is 13.1. The molecule has 2 rings (SSSR count). The summed E-state index contributed by atoms with van der Waals surface area (Å²) in [5.74, 6) is 0.366. The molecule has 0 fully saturated rings. The van der Waals surface area contributed by atoms with Crippen molar-refractivity contribution in [3.8, 4) is 22.6 Å². The maximum atomic E-state index is 10.2. The fraction of sp³-hybridized carbons (Fsp3) is 0.200. The maximum absolute atomic E-state index is 10.2. The zero-order chi connectivity index (χ0) is 15.9. The summed E-state index contributed by atoms with van der Waals surface area (Å²) in [6.45, 7) is 3.97. The van der Waals surface area contributed by atoms with Gasteiger partial charge in [0.2, 0.25) is 0 Å². The van der Waals surface area contributed by atoms with E-state index < -0.39 is 0 Å². The smallest absolute Gasteiger partial charge is 0.123 e. The first-order valence-electron chi connectivity index (χ1n) is 7.52. The first-order chi connectivity index (χ1) is 10.7. The van der Waals surface area contributed by atoms with Crippen molar-refractivity contribution in [2.45, 2.75) is 26.7 Å². The van der Waals surface area contributed by atoms with Gasteiger partial charge in [-0.1, -0.05) is 36.4 Å². The lowest BCUT2D eigenvalue weighted by atomic mass is 9.97. The average molecular weight is 294 g/mol. The van der Waals surface area contributed by atoms with Gasteiger partial charge in [-0.2, -0.15) is 0 Å². The highest BCUT2D eigenvalue weighted by Crippen LogP contribution is 2.36. The van der Waals surface area contributed by atoms with Gasteiger partial charge in [0.1, 0.15) is 11.5 Å². The molecule has 0 spiro atoms. The molecule has 0 unspecified atom stereocenters. The molecule has 0 aliphatic heterocycles. The normalized spacial score (nSPS) is 11.5. The van der Waals surface area contributed by atoms with Crippen molar-refractivity contribution in [1.82, 2.24) is 0 Å². The van der Waals surface area contributed by atoms with Crippen LogP contribution < -0.4 is 0 Å². The highest BCUT2D eigenvalue weighted by atomic mass is 16.3. The predicted octanol–water partition coefficient (Wildman–Crippen LogP) is 5.00. The lowest BCUT2D eigenvalue weighted by Gasteiger charge is -2.11. The summed E-state index contributed by atoms with van der Waals surface area (Å²) in [6, 6.07) is 11.0. The zero-order valence-corrected chi connectivity index (χ0v) is 13.1. The SMILES string of the molecule is C/C=C/Cc1ccc(O)c(-c2cc(C/C=C/C)ccc2O)c1. The number of phenolic OH excluding ortho intramolecular Hbond substituents is 2. The summed E-state index contributed by atoms with van der Waals surface area (Å²) in [7, 11) is 0. The number of benzene rings is 2. The highest BCUT2D eigenvalue weighted by molar-refractivity contribution is 5.76. The molecule has 22 heavy (non-hydrogen) atoms. The van der Waals surface area contributed by atoms with Crippen LogP contribution in [0.3, 0.4) is 0 Å². The molecule has 0 amide bonds. The van der Waals surface area contributed by atoms with E-state index in [1.807, 2.05) is 50.3 Å². The molecule has 0 aliphatic rings. The fourth-order valence-electron chi connectivity index (χ4n) is 2.36. The minimum Gasteiger partial charge on any atom is -0.507 e. The van der Waals surface area contributed by atoms with Crippen LogP contribution in [0.15, 0.2) is 60.7 Å². The van der Waals surface area contributed by atoms with Gasteiger partial charge in [-0.05, 0) is 62.1 Å². The minimum atomic E-state index is 0.183. The summed E-state index contributed by atoms with van der Waals surface area (Å²) >= 11 is 0. The first kappa shape index (κ1) is 15.9. The Bertz CT molecular complexity index is 635. The molecule has 0 radical (unpaired) electrons. The molecule has 2 heteroatoms. The Hall–Kier alpha value is -2.48. The Kier molecular flexibility index (Phi) is 5.42. The highest BCUT2D eigenvalue weighted by Gasteiger charge is 2.10. The van der Waals surface area contributed by atoms with Crippen molar-refractivity contribution in [2.24, 2.45) is 0 Å². The van der Waals surface area contributed by atoms with Crippen molar-refractivity contribution < 1.29 is 10.2 Å². The van der Waals surface area contributed by atoms with E-state index >= 15 is 0 Å². The topological polar surface area (TPSA) is 40.5 Å². The van der Waals surface area contributed by atoms with Crippen LogP contribution in [-0.4, -0.2) is 10.2 Å². The third-order valence-electron chi connectivity index (χ3n) is 3.59. The average Bonchev–Trinajstić information content (AvgIpc) is 2.53. The Labute approximate surface area is 132 Å². The van der Waals surface area contributed by atoms with Crippen LogP contribution in [0, 0.1) is 0 Å². The third-order valence-corrected chi connectivity index (χ3v) is 3.59. The van der Waals surface area contributed by atoms with E-state index in [2.05, 4.69) is 12.2 Å². The molecule has 0 bridgehead atoms. The standard InChI is InChI=1S/C20H22O2/c1-3-5-7-15-9-11-19(21)17(13-15)18-14-16(8-6-4-2)10-12-20(18)22/h3-6,9-14,21-22H,7-8H2,1-2H3/b5-3+,6-4+. The molecule has 0 aliphatic carbocycles. The first-order valence-corrected chi connectivity index (χ1v) is 7.52. The van der Waals surface area contributed by atoms with Crippen LogP contribution in [0.2, 0.25) is 0 Å². The van der Waals surface area contributed by atoms with Crippen LogP contribution in [0.5, 0.6) is 11.5 Å². The number of allylic oxidation sites excluding steroid dienone is 4. The molecule has 2 N–H and O–H groups in total. The Morgan fingerprint density at radius 1 is 0.727 bits per heavy atom. The summed E-state index contributed by atoms with van der Waals surface area (Å²) in [4.78, 5) is 0. The molecular weight excluding hydrogens is 272 g/mol. The van der Waals surface area contributed by atoms with Gasteiger partial charge in [-0.25, -0.2) is 0 Å². The minimum absolute atomic E-state index is 0.183. The van der Waals surface area contributed by atoms with Crippen LogP contribution in [0.4, 0.5) is 0 Å². The molecule has 0 saturated carbocycles. The van der Waals surface area contributed by atoms with E-state index in [0.717, 1.165) is 24.0 Å². The number of hydrogen-bond acceptors (Lipinski definition) is 2. The number of rotatable bonds is 5. The van der Waals surface area contributed by atoms with Gasteiger partial charge in [-0.15, -0.1) is 0 Å². The van der Waals surface area contributed by atoms with Crippen LogP contribution in [-0.2, 0) is 12.8 Å². The summed E-state index contributed by atoms with van der Waals surface area (Å²) < 4.78 is 0. The van der Waals surface area contributed by atoms with E-state index in [-0.39, 0.29) is 11.5 Å². The Morgan fingerprint density at radius 2 is 1.14 bits per heavy atom. The number of phenols is 2. The molecule has 2 aromatic rings. The van der Waals surface area contributed by atoms with Crippen molar-refractivity contribution in [1.29, 1.82) is 0 Å². The number of aromatic hydroxyl groups is 2. The Balaban J connectivity index is 2.45. The molecule has 2 nitrogen and oxygen atoms in total. The van der Waals surface area contributed by atoms with Gasteiger partial charge in [0.15, 0.2) is 0 Å². The van der Waals surface area contributed by atoms with Crippen molar-refractivity contribution in [3.05, 3.63) is 71.8 Å². The van der Waals surface area contributed by atoms with Gasteiger partial charge in [-0.3, -0.25) is 0 Å². The van der Waals surface area contributed by atoms with Gasteiger partial charge in [0, 0.05) is 11.1 Å². The predicted molar refractivity (Wildman–Crippen MR) is 92.2 cm³/mol. The lowest BCUT2D eigenvalue weighted by molar-refractivity contribution is 0.469. The quantitative estimate of drug-likeness (QED) is 0.762. The fourth-order valence-corrected chi connectivity index (χ4v) is 2.36. The molecule has 0 atom stereocenters. The van der Waals surface area contributed by atoms with Crippen molar-refractivity contribution in [3.63, 3.8) is 0 Å². The molecule has 114 valence electrons. The van der Waals surface area contributed by atoms with Gasteiger partial charge in [0.05, 0.1) is 0 Å². The van der Waals surface area contributed by atoms with Crippen molar-refractivity contribution >= 4 is 0 Å². The van der Waals surface area contributed by atoms with Crippen molar-refractivity contribution in [2.75, 3.05) is 0 Å². The van der Waals surface area contributed by atoms with Gasteiger partial charge < -0.3 is 10.2 Å². The van der Waals surface area contributed by atoms with E-state index in [4.69, 9.17) is 0 Å². The summed E-state index contributed by atoms with van der Waals surface area (Å²) in [5, 5.41) is 20.3. The largest absolute Gasteiger partial charge is 0.507 e. The van der Waals surface area contributed by atoms with Gasteiger partial charge in [0.25, 0.3) is 0 Å². The second kappa shape index (κ2) is 7.51. The number of hydrogen-bond donors (Lipinski definition) is 2. The molecular formula is C20H22O2. The van der Waals surface area contributed by atoms with Gasteiger partial charge >= 0.3 is 0 Å². The van der Waals surface area contributed by atoms with E-state index in [1.165, 1.54) is 0 Å². The van der Waals surface area contributed by atoms with E-state index in [0.29, 0.717) is 11.1 Å². The van der Waals surface area contributed by atoms with E-state index in [1.54, 1.807) is 12.1 Å². The van der Waals surface area contributed by atoms with Crippen LogP contribution in [0.1, 0.15) is 25.0 Å². The monoisotopic (exact) mass is 294 g/mol. The van der Waals surface area contributed by atoms with E-state index in [9.17, 15) is 10.2 Å². The maximum Gasteiger partial charge on any atom is 0.123 e. The molecule has 0 saturated heterocycles. The summed E-state index contributed by atoms with van der Waals surface area (Å²) in [5.41, 5.74) is 3.54.